The Morgan fingerprint density at radius 3 is 2.40 bits per heavy atom. The number of aliphatic carboxylic acids is 1. The minimum absolute atomic E-state index is 0.0210. The van der Waals surface area contributed by atoms with Crippen molar-refractivity contribution in [2.24, 2.45) is 5.92 Å². The zero-order valence-corrected chi connectivity index (χ0v) is 14.3. The Morgan fingerprint density at radius 2 is 1.76 bits per heavy atom. The zero-order valence-electron chi connectivity index (χ0n) is 14.3. The number of benzene rings is 2. The number of hydrogen-bond acceptors (Lipinski definition) is 3. The Balaban J connectivity index is 1.75. The topological polar surface area (TPSA) is 75.6 Å². The maximum Gasteiger partial charge on any atom is 0.341 e. The fraction of sp³-hybridized carbons (Fsp3) is 0.300. The van der Waals surface area contributed by atoms with E-state index in [1.165, 1.54) is 5.56 Å². The molecule has 0 aromatic heterocycles. The number of aryl methyl sites for hydroxylation is 1. The van der Waals surface area contributed by atoms with E-state index in [0.29, 0.717) is 11.4 Å². The van der Waals surface area contributed by atoms with E-state index in [9.17, 15) is 9.59 Å². The Kier molecular flexibility index (Phi) is 7.01. The third kappa shape index (κ3) is 6.67. The number of carbonyl (C=O) groups is 2. The number of carboxylic acid groups (broad SMARTS) is 1. The minimum Gasteiger partial charge on any atom is -0.482 e. The lowest BCUT2D eigenvalue weighted by Gasteiger charge is -2.12. The summed E-state index contributed by atoms with van der Waals surface area (Å²) in [4.78, 5) is 22.7. The van der Waals surface area contributed by atoms with Gasteiger partial charge in [0.25, 0.3) is 0 Å². The molecule has 1 atom stereocenters. The van der Waals surface area contributed by atoms with Crippen LogP contribution in [0.3, 0.4) is 0 Å². The number of hydrogen-bond donors (Lipinski definition) is 2. The fourth-order valence-corrected chi connectivity index (χ4v) is 2.43. The van der Waals surface area contributed by atoms with Gasteiger partial charge < -0.3 is 15.2 Å². The lowest BCUT2D eigenvalue weighted by atomic mass is 10.0. The molecule has 2 aromatic rings. The van der Waals surface area contributed by atoms with Crippen LogP contribution in [0.5, 0.6) is 5.75 Å². The molecule has 0 spiro atoms. The fourth-order valence-electron chi connectivity index (χ4n) is 2.43. The number of carboxylic acids is 1. The summed E-state index contributed by atoms with van der Waals surface area (Å²) in [6, 6.07) is 16.9. The van der Waals surface area contributed by atoms with Crippen LogP contribution in [0.1, 0.15) is 25.3 Å². The lowest BCUT2D eigenvalue weighted by Crippen LogP contribution is -2.20. The van der Waals surface area contributed by atoms with Crippen LogP contribution >= 0.6 is 0 Å². The van der Waals surface area contributed by atoms with Crippen molar-refractivity contribution in [3.63, 3.8) is 0 Å². The summed E-state index contributed by atoms with van der Waals surface area (Å²) in [7, 11) is 0. The Labute approximate surface area is 147 Å². The molecule has 0 aliphatic heterocycles. The first kappa shape index (κ1) is 18.5. The van der Waals surface area contributed by atoms with Crippen molar-refractivity contribution >= 4 is 17.6 Å². The molecule has 132 valence electrons. The van der Waals surface area contributed by atoms with Gasteiger partial charge in [0.05, 0.1) is 0 Å². The van der Waals surface area contributed by atoms with Crippen molar-refractivity contribution in [2.45, 2.75) is 26.2 Å². The molecule has 0 bridgehead atoms. The summed E-state index contributed by atoms with van der Waals surface area (Å²) in [6.45, 7) is 1.54. The third-order valence-corrected chi connectivity index (χ3v) is 3.88. The van der Waals surface area contributed by atoms with Crippen LogP contribution in [0.15, 0.2) is 54.6 Å². The van der Waals surface area contributed by atoms with Crippen molar-refractivity contribution < 1.29 is 19.4 Å². The molecule has 2 aromatic carbocycles. The molecular weight excluding hydrogens is 318 g/mol. The highest BCUT2D eigenvalue weighted by Crippen LogP contribution is 2.18. The second-order valence-electron chi connectivity index (χ2n) is 5.97. The molecule has 2 rings (SSSR count). The predicted octanol–water partition coefficient (Wildman–Crippen LogP) is 3.75. The maximum absolute atomic E-state index is 12.2. The van der Waals surface area contributed by atoms with Crippen LogP contribution in [0.4, 0.5) is 5.69 Å². The van der Waals surface area contributed by atoms with E-state index in [1.54, 1.807) is 24.3 Å². The quantitative estimate of drug-likeness (QED) is 0.728. The molecule has 1 unspecified atom stereocenters. The molecular formula is C20H23NO4. The third-order valence-electron chi connectivity index (χ3n) is 3.88. The Hall–Kier alpha value is -2.82. The van der Waals surface area contributed by atoms with Crippen molar-refractivity contribution in [2.75, 3.05) is 11.9 Å². The number of anilines is 1. The monoisotopic (exact) mass is 341 g/mol. The molecule has 5 nitrogen and oxygen atoms in total. The van der Waals surface area contributed by atoms with E-state index in [4.69, 9.17) is 9.84 Å². The van der Waals surface area contributed by atoms with Gasteiger partial charge in [-0.3, -0.25) is 4.79 Å². The average molecular weight is 341 g/mol. The molecule has 0 saturated heterocycles. The van der Waals surface area contributed by atoms with Gasteiger partial charge in [0.15, 0.2) is 6.61 Å². The Bertz CT molecular complexity index is 683. The lowest BCUT2D eigenvalue weighted by molar-refractivity contribution is -0.139. The summed E-state index contributed by atoms with van der Waals surface area (Å²) >= 11 is 0. The van der Waals surface area contributed by atoms with Gasteiger partial charge in [0, 0.05) is 11.6 Å². The first-order valence-corrected chi connectivity index (χ1v) is 8.34. The van der Waals surface area contributed by atoms with E-state index in [2.05, 4.69) is 17.4 Å². The Morgan fingerprint density at radius 1 is 1.08 bits per heavy atom. The molecule has 0 aliphatic carbocycles. The van der Waals surface area contributed by atoms with E-state index in [0.717, 1.165) is 19.3 Å². The van der Waals surface area contributed by atoms with Crippen molar-refractivity contribution in [1.29, 1.82) is 0 Å². The number of carbonyl (C=O) groups excluding carboxylic acids is 1. The summed E-state index contributed by atoms with van der Waals surface area (Å²) in [6.07, 6.45) is 2.75. The predicted molar refractivity (Wildman–Crippen MR) is 96.7 cm³/mol. The molecule has 5 heteroatoms. The van der Waals surface area contributed by atoms with Gasteiger partial charge in [-0.25, -0.2) is 4.79 Å². The van der Waals surface area contributed by atoms with E-state index in [1.807, 2.05) is 25.1 Å². The molecule has 2 N–H and O–H groups in total. The molecule has 1 amide bonds. The average Bonchev–Trinajstić information content (AvgIpc) is 2.62. The van der Waals surface area contributed by atoms with Gasteiger partial charge >= 0.3 is 5.97 Å². The number of nitrogens with one attached hydrogen (secondary N) is 1. The number of ether oxygens (including phenoxy) is 1. The van der Waals surface area contributed by atoms with Gasteiger partial charge in [-0.2, -0.15) is 0 Å². The smallest absolute Gasteiger partial charge is 0.341 e. The molecule has 0 radical (unpaired) electrons. The summed E-state index contributed by atoms with van der Waals surface area (Å²) in [5.41, 5.74) is 1.95. The van der Waals surface area contributed by atoms with E-state index >= 15 is 0 Å². The van der Waals surface area contributed by atoms with Crippen LogP contribution < -0.4 is 10.1 Å². The van der Waals surface area contributed by atoms with Gasteiger partial charge in [-0.05, 0) is 49.1 Å². The second-order valence-corrected chi connectivity index (χ2v) is 5.97. The molecule has 0 aliphatic rings. The highest BCUT2D eigenvalue weighted by molar-refractivity contribution is 5.92. The van der Waals surface area contributed by atoms with Crippen LogP contribution in [-0.2, 0) is 16.0 Å². The highest BCUT2D eigenvalue weighted by atomic mass is 16.5. The standard InChI is InChI=1S/C20H23NO4/c1-15(6-5-9-16-7-3-2-4-8-16)20(24)21-17-10-12-18(13-11-17)25-14-19(22)23/h2-4,7-8,10-13,15H,5-6,9,14H2,1H3,(H,21,24)(H,22,23). The second kappa shape index (κ2) is 9.47. The van der Waals surface area contributed by atoms with Crippen LogP contribution in [0.2, 0.25) is 0 Å². The van der Waals surface area contributed by atoms with Gasteiger partial charge in [-0.1, -0.05) is 37.3 Å². The summed E-state index contributed by atoms with van der Waals surface area (Å²) in [5.74, 6) is -0.670. The minimum atomic E-state index is -1.03. The first-order valence-electron chi connectivity index (χ1n) is 8.34. The normalized spacial score (nSPS) is 11.6. The molecule has 0 heterocycles. The van der Waals surface area contributed by atoms with Crippen LogP contribution in [0, 0.1) is 5.92 Å². The molecule has 25 heavy (non-hydrogen) atoms. The van der Waals surface area contributed by atoms with Crippen molar-refractivity contribution in [3.8, 4) is 5.75 Å². The van der Waals surface area contributed by atoms with Gasteiger partial charge in [-0.15, -0.1) is 0 Å². The first-order chi connectivity index (χ1) is 12.0. The highest BCUT2D eigenvalue weighted by Gasteiger charge is 2.13. The maximum atomic E-state index is 12.2. The van der Waals surface area contributed by atoms with Crippen LogP contribution in [-0.4, -0.2) is 23.6 Å². The van der Waals surface area contributed by atoms with Crippen LogP contribution in [0.25, 0.3) is 0 Å². The largest absolute Gasteiger partial charge is 0.482 e. The summed E-state index contributed by atoms with van der Waals surface area (Å²) in [5, 5.41) is 11.4. The number of rotatable bonds is 9. The SMILES string of the molecule is CC(CCCc1ccccc1)C(=O)Nc1ccc(OCC(=O)O)cc1. The number of amides is 1. The van der Waals surface area contributed by atoms with Gasteiger partial charge in [0.2, 0.25) is 5.91 Å². The zero-order chi connectivity index (χ0) is 18.1. The molecule has 0 saturated carbocycles. The van der Waals surface area contributed by atoms with Gasteiger partial charge in [0.1, 0.15) is 5.75 Å². The van der Waals surface area contributed by atoms with E-state index < -0.39 is 5.97 Å². The molecule has 0 fully saturated rings. The van der Waals surface area contributed by atoms with Crippen molar-refractivity contribution in [3.05, 3.63) is 60.2 Å². The van der Waals surface area contributed by atoms with Crippen molar-refractivity contribution in [1.82, 2.24) is 0 Å². The summed E-state index contributed by atoms with van der Waals surface area (Å²) < 4.78 is 5.06. The van der Waals surface area contributed by atoms with E-state index in [-0.39, 0.29) is 18.4 Å².